The quantitative estimate of drug-likeness (QED) is 0.351. The van der Waals surface area contributed by atoms with Crippen molar-refractivity contribution >= 4 is 28.6 Å². The second-order valence-corrected chi connectivity index (χ2v) is 8.65. The van der Waals surface area contributed by atoms with Crippen LogP contribution in [0.3, 0.4) is 0 Å². The molecule has 0 atom stereocenters. The monoisotopic (exact) mass is 482 g/mol. The lowest BCUT2D eigenvalue weighted by molar-refractivity contribution is 0.122. The van der Waals surface area contributed by atoms with E-state index in [0.29, 0.717) is 42.7 Å². The number of fused-ring (bicyclic) bond motifs is 1. The van der Waals surface area contributed by atoms with E-state index in [-0.39, 0.29) is 0 Å². The minimum Gasteiger partial charge on any atom is -0.399 e. The predicted molar refractivity (Wildman–Crippen MR) is 138 cm³/mol. The highest BCUT2D eigenvalue weighted by molar-refractivity contribution is 5.85. The maximum absolute atomic E-state index is 5.92. The molecule has 0 bridgehead atoms. The molecular formula is C25H26N10O. The SMILES string of the molecule is Cn1cc(-n2cnc3c(NCc4ccc(-c5cccc(N)c5)cn4)nc(N4CCOCC4)nc32)cn1. The van der Waals surface area contributed by atoms with E-state index in [0.717, 1.165) is 41.3 Å². The van der Waals surface area contributed by atoms with Crippen LogP contribution in [0.15, 0.2) is 61.3 Å². The normalized spacial score (nSPS) is 13.9. The summed E-state index contributed by atoms with van der Waals surface area (Å²) in [5.41, 5.74) is 11.9. The molecule has 0 amide bonds. The van der Waals surface area contributed by atoms with Crippen LogP contribution in [0.25, 0.3) is 28.0 Å². The number of ether oxygens (including phenoxy) is 1. The number of aromatic nitrogens is 7. The van der Waals surface area contributed by atoms with Gasteiger partial charge in [-0.25, -0.2) is 4.98 Å². The summed E-state index contributed by atoms with van der Waals surface area (Å²) in [6, 6.07) is 11.8. The molecule has 11 nitrogen and oxygen atoms in total. The van der Waals surface area contributed by atoms with Crippen LogP contribution in [0.5, 0.6) is 0 Å². The molecule has 6 rings (SSSR count). The summed E-state index contributed by atoms with van der Waals surface area (Å²) >= 11 is 0. The van der Waals surface area contributed by atoms with Crippen molar-refractivity contribution < 1.29 is 4.74 Å². The fraction of sp³-hybridized carbons (Fsp3) is 0.240. The maximum Gasteiger partial charge on any atom is 0.229 e. The van der Waals surface area contributed by atoms with Crippen molar-refractivity contribution in [3.8, 4) is 16.8 Å². The number of benzene rings is 1. The molecular weight excluding hydrogens is 456 g/mol. The molecule has 1 aliphatic rings. The standard InChI is InChI=1S/C25H26N10O/c1-33-15-21(14-30-33)35-16-29-22-23(31-25(32-24(22)35)34-7-9-36-10-8-34)28-13-20-6-5-18(12-27-20)17-3-2-4-19(26)11-17/h2-6,11-12,14-16H,7-10,13,26H2,1H3,(H,28,31,32). The van der Waals surface area contributed by atoms with Gasteiger partial charge < -0.3 is 20.7 Å². The van der Waals surface area contributed by atoms with E-state index in [1.54, 1.807) is 17.2 Å². The smallest absolute Gasteiger partial charge is 0.229 e. The largest absolute Gasteiger partial charge is 0.399 e. The summed E-state index contributed by atoms with van der Waals surface area (Å²) in [6.45, 7) is 3.26. The van der Waals surface area contributed by atoms with Crippen molar-refractivity contribution in [1.29, 1.82) is 0 Å². The molecule has 36 heavy (non-hydrogen) atoms. The lowest BCUT2D eigenvalue weighted by atomic mass is 10.1. The number of nitrogens with two attached hydrogens (primary N) is 1. The minimum atomic E-state index is 0.492. The number of morpholine rings is 1. The van der Waals surface area contributed by atoms with Crippen molar-refractivity contribution in [2.45, 2.75) is 6.54 Å². The molecule has 0 spiro atoms. The molecule has 5 heterocycles. The Kier molecular flexibility index (Phi) is 5.66. The second-order valence-electron chi connectivity index (χ2n) is 8.65. The van der Waals surface area contributed by atoms with Crippen molar-refractivity contribution in [3.05, 3.63) is 67.0 Å². The summed E-state index contributed by atoms with van der Waals surface area (Å²) in [6.07, 6.45) is 7.33. The number of nitrogens with zero attached hydrogens (tertiary/aromatic N) is 8. The van der Waals surface area contributed by atoms with Gasteiger partial charge in [-0.15, -0.1) is 0 Å². The first-order valence-corrected chi connectivity index (χ1v) is 11.8. The summed E-state index contributed by atoms with van der Waals surface area (Å²) in [7, 11) is 1.88. The molecule has 1 aromatic carbocycles. The van der Waals surface area contributed by atoms with Gasteiger partial charge in [-0.1, -0.05) is 18.2 Å². The van der Waals surface area contributed by atoms with E-state index >= 15 is 0 Å². The van der Waals surface area contributed by atoms with E-state index in [1.807, 2.05) is 60.4 Å². The van der Waals surface area contributed by atoms with Gasteiger partial charge in [-0.05, 0) is 23.8 Å². The fourth-order valence-electron chi connectivity index (χ4n) is 4.23. The molecule has 1 fully saturated rings. The molecule has 3 N–H and O–H groups in total. The Bertz CT molecular complexity index is 1500. The summed E-state index contributed by atoms with van der Waals surface area (Å²) < 4.78 is 9.20. The van der Waals surface area contributed by atoms with E-state index in [2.05, 4.69) is 25.3 Å². The maximum atomic E-state index is 5.92. The van der Waals surface area contributed by atoms with Gasteiger partial charge in [0.15, 0.2) is 17.0 Å². The molecule has 0 saturated carbocycles. The van der Waals surface area contributed by atoms with Gasteiger partial charge in [0.1, 0.15) is 6.33 Å². The number of rotatable bonds is 6. The van der Waals surface area contributed by atoms with Gasteiger partial charge >= 0.3 is 0 Å². The Morgan fingerprint density at radius 2 is 1.92 bits per heavy atom. The van der Waals surface area contributed by atoms with E-state index < -0.39 is 0 Å². The number of aryl methyl sites for hydroxylation is 1. The topological polar surface area (TPSA) is 125 Å². The average Bonchev–Trinajstić information content (AvgIpc) is 3.54. The van der Waals surface area contributed by atoms with Crippen molar-refractivity contribution in [2.24, 2.45) is 7.05 Å². The number of anilines is 3. The number of pyridine rings is 1. The third kappa shape index (κ3) is 4.31. The molecule has 0 unspecified atom stereocenters. The van der Waals surface area contributed by atoms with Crippen LogP contribution in [0.4, 0.5) is 17.5 Å². The first kappa shape index (κ1) is 22.0. The molecule has 5 aromatic rings. The Balaban J connectivity index is 1.31. The molecule has 4 aromatic heterocycles. The predicted octanol–water partition coefficient (Wildman–Crippen LogP) is 2.64. The zero-order valence-corrected chi connectivity index (χ0v) is 19.9. The van der Waals surface area contributed by atoms with Crippen molar-refractivity contribution in [3.63, 3.8) is 0 Å². The number of hydrogen-bond acceptors (Lipinski definition) is 9. The van der Waals surface area contributed by atoms with Gasteiger partial charge in [0, 0.05) is 43.8 Å². The van der Waals surface area contributed by atoms with Gasteiger partial charge in [-0.2, -0.15) is 15.1 Å². The van der Waals surface area contributed by atoms with E-state index in [4.69, 9.17) is 20.4 Å². The lowest BCUT2D eigenvalue weighted by Crippen LogP contribution is -2.37. The van der Waals surface area contributed by atoms with Crippen LogP contribution >= 0.6 is 0 Å². The highest BCUT2D eigenvalue weighted by atomic mass is 16.5. The summed E-state index contributed by atoms with van der Waals surface area (Å²) in [4.78, 5) is 21.1. The lowest BCUT2D eigenvalue weighted by Gasteiger charge is -2.27. The highest BCUT2D eigenvalue weighted by Gasteiger charge is 2.20. The van der Waals surface area contributed by atoms with Crippen LogP contribution < -0.4 is 16.0 Å². The van der Waals surface area contributed by atoms with Crippen molar-refractivity contribution in [1.82, 2.24) is 34.3 Å². The summed E-state index contributed by atoms with van der Waals surface area (Å²) in [5.74, 6) is 1.30. The van der Waals surface area contributed by atoms with Gasteiger partial charge in [0.05, 0.1) is 37.3 Å². The second kappa shape index (κ2) is 9.27. The zero-order chi connectivity index (χ0) is 24.5. The van der Waals surface area contributed by atoms with E-state index in [1.165, 1.54) is 0 Å². The first-order valence-electron chi connectivity index (χ1n) is 11.8. The van der Waals surface area contributed by atoms with E-state index in [9.17, 15) is 0 Å². The Morgan fingerprint density at radius 3 is 2.67 bits per heavy atom. The summed E-state index contributed by atoms with van der Waals surface area (Å²) in [5, 5.41) is 7.72. The molecule has 1 saturated heterocycles. The first-order chi connectivity index (χ1) is 17.6. The minimum absolute atomic E-state index is 0.492. The van der Waals surface area contributed by atoms with Crippen molar-refractivity contribution in [2.75, 3.05) is 42.3 Å². The fourth-order valence-corrected chi connectivity index (χ4v) is 4.23. The van der Waals surface area contributed by atoms with Crippen LogP contribution in [0.1, 0.15) is 5.69 Å². The number of hydrogen-bond donors (Lipinski definition) is 2. The Morgan fingerprint density at radius 1 is 1.03 bits per heavy atom. The van der Waals surface area contributed by atoms with Crippen LogP contribution in [-0.2, 0) is 18.3 Å². The number of nitrogens with one attached hydrogen (secondary N) is 1. The molecule has 11 heteroatoms. The third-order valence-electron chi connectivity index (χ3n) is 6.13. The molecule has 0 radical (unpaired) electrons. The Labute approximate surface area is 207 Å². The number of nitrogen functional groups attached to an aromatic ring is 1. The van der Waals surface area contributed by atoms with Crippen LogP contribution in [0, 0.1) is 0 Å². The third-order valence-corrected chi connectivity index (χ3v) is 6.13. The average molecular weight is 483 g/mol. The number of imidazole rings is 1. The van der Waals surface area contributed by atoms with Crippen LogP contribution in [-0.4, -0.2) is 60.6 Å². The van der Waals surface area contributed by atoms with Gasteiger partial charge in [0.25, 0.3) is 0 Å². The van der Waals surface area contributed by atoms with Crippen LogP contribution in [0.2, 0.25) is 0 Å². The molecule has 0 aliphatic carbocycles. The van der Waals surface area contributed by atoms with Gasteiger partial charge in [0.2, 0.25) is 5.95 Å². The highest BCUT2D eigenvalue weighted by Crippen LogP contribution is 2.26. The Hall–Kier alpha value is -4.51. The van der Waals surface area contributed by atoms with Gasteiger partial charge in [-0.3, -0.25) is 14.2 Å². The molecule has 182 valence electrons. The molecule has 1 aliphatic heterocycles. The zero-order valence-electron chi connectivity index (χ0n) is 19.9.